The summed E-state index contributed by atoms with van der Waals surface area (Å²) in [5, 5.41) is -0.0594. The van der Waals surface area contributed by atoms with Gasteiger partial charge >= 0.3 is 0 Å². The minimum atomic E-state index is -4.05. The zero-order valence-electron chi connectivity index (χ0n) is 6.20. The highest BCUT2D eigenvalue weighted by molar-refractivity contribution is 7.87. The van der Waals surface area contributed by atoms with Crippen molar-refractivity contribution in [3.05, 3.63) is 35.4 Å². The van der Waals surface area contributed by atoms with Gasteiger partial charge in [-0.2, -0.15) is 8.42 Å². The zero-order valence-corrected chi connectivity index (χ0v) is 8.53. The first kappa shape index (κ1) is 10.8. The summed E-state index contributed by atoms with van der Waals surface area (Å²) < 4.78 is 26.0. The van der Waals surface area contributed by atoms with Crippen molar-refractivity contribution in [3.63, 3.8) is 0 Å². The average Bonchev–Trinajstić information content (AvgIpc) is 2.03. The summed E-state index contributed by atoms with van der Waals surface area (Å²) in [5.74, 6) is 0. The molecule has 0 bridgehead atoms. The fourth-order valence-corrected chi connectivity index (χ4v) is 2.44. The molecule has 0 heterocycles. The van der Waals surface area contributed by atoms with Crippen LogP contribution in [0.4, 0.5) is 0 Å². The SMILES string of the molecule is [CH]OS(=O)(=O)c1c(Cl)cccc1Cl. The largest absolute Gasteiger partial charge is 0.300 e. The van der Waals surface area contributed by atoms with E-state index in [0.29, 0.717) is 0 Å². The van der Waals surface area contributed by atoms with Gasteiger partial charge in [-0.25, -0.2) is 0 Å². The Kier molecular flexibility index (Phi) is 3.18. The molecule has 1 aromatic rings. The number of hydrogen-bond acceptors (Lipinski definition) is 3. The molecular formula is C7H4Cl2O3S. The Bertz CT molecular complexity index is 393. The summed E-state index contributed by atoms with van der Waals surface area (Å²) in [6, 6.07) is 4.26. The second-order valence-electron chi connectivity index (χ2n) is 2.10. The van der Waals surface area contributed by atoms with Gasteiger partial charge in [-0.1, -0.05) is 29.3 Å². The lowest BCUT2D eigenvalue weighted by Crippen LogP contribution is -2.03. The van der Waals surface area contributed by atoms with Crippen LogP contribution in [0.1, 0.15) is 0 Å². The molecule has 6 heteroatoms. The van der Waals surface area contributed by atoms with Gasteiger partial charge in [0.05, 0.1) is 10.0 Å². The fraction of sp³-hybridized carbons (Fsp3) is 0. The van der Waals surface area contributed by atoms with E-state index < -0.39 is 10.1 Å². The number of benzene rings is 1. The summed E-state index contributed by atoms with van der Waals surface area (Å²) in [6.07, 6.45) is 0. The summed E-state index contributed by atoms with van der Waals surface area (Å²) in [5.41, 5.74) is 0. The first-order valence-corrected chi connectivity index (χ1v) is 5.23. The molecule has 1 aromatic carbocycles. The molecule has 0 N–H and O–H groups in total. The molecule has 3 nitrogen and oxygen atoms in total. The van der Waals surface area contributed by atoms with E-state index >= 15 is 0 Å². The molecule has 70 valence electrons. The maximum Gasteiger partial charge on any atom is 0.300 e. The molecule has 0 saturated heterocycles. The Morgan fingerprint density at radius 2 is 1.69 bits per heavy atom. The minimum absolute atomic E-state index is 0.0297. The van der Waals surface area contributed by atoms with Crippen molar-refractivity contribution in [1.29, 1.82) is 0 Å². The Morgan fingerprint density at radius 3 is 2.08 bits per heavy atom. The maximum atomic E-state index is 11.1. The molecule has 0 unspecified atom stereocenters. The molecular weight excluding hydrogens is 235 g/mol. The number of hydrogen-bond donors (Lipinski definition) is 0. The number of rotatable bonds is 2. The quantitative estimate of drug-likeness (QED) is 0.744. The Labute approximate surface area is 86.4 Å². The van der Waals surface area contributed by atoms with Gasteiger partial charge in [0.2, 0.25) is 0 Å². The van der Waals surface area contributed by atoms with Crippen molar-refractivity contribution in [3.8, 4) is 0 Å². The lowest BCUT2D eigenvalue weighted by atomic mass is 10.4. The number of halogens is 2. The van der Waals surface area contributed by atoms with Crippen molar-refractivity contribution in [2.75, 3.05) is 0 Å². The van der Waals surface area contributed by atoms with Crippen molar-refractivity contribution in [2.45, 2.75) is 4.90 Å². The highest BCUT2D eigenvalue weighted by Gasteiger charge is 2.20. The second-order valence-corrected chi connectivity index (χ2v) is 4.42. The third-order valence-corrected chi connectivity index (χ3v) is 3.34. The minimum Gasteiger partial charge on any atom is -0.257 e. The molecule has 0 aliphatic carbocycles. The van der Waals surface area contributed by atoms with E-state index in [1.165, 1.54) is 18.2 Å². The van der Waals surface area contributed by atoms with E-state index in [1.54, 1.807) is 0 Å². The van der Waals surface area contributed by atoms with Crippen molar-refractivity contribution < 1.29 is 12.6 Å². The fourth-order valence-electron chi connectivity index (χ4n) is 0.769. The van der Waals surface area contributed by atoms with E-state index in [1.807, 2.05) is 0 Å². The van der Waals surface area contributed by atoms with Crippen molar-refractivity contribution >= 4 is 33.3 Å². The van der Waals surface area contributed by atoms with Crippen molar-refractivity contribution in [1.82, 2.24) is 0 Å². The first-order chi connectivity index (χ1) is 5.99. The van der Waals surface area contributed by atoms with Gasteiger partial charge in [-0.05, 0) is 12.1 Å². The molecule has 0 aliphatic heterocycles. The molecule has 0 aliphatic rings. The highest BCUT2D eigenvalue weighted by atomic mass is 35.5. The van der Waals surface area contributed by atoms with Crippen LogP contribution in [0, 0.1) is 7.11 Å². The van der Waals surface area contributed by atoms with E-state index in [2.05, 4.69) is 11.3 Å². The van der Waals surface area contributed by atoms with Gasteiger partial charge in [0.25, 0.3) is 10.1 Å². The van der Waals surface area contributed by atoms with Gasteiger partial charge in [-0.15, -0.1) is 0 Å². The average molecular weight is 239 g/mol. The Hall–Kier alpha value is -0.290. The normalized spacial score (nSPS) is 11.6. The summed E-state index contributed by atoms with van der Waals surface area (Å²) in [6.45, 7) is 0. The third kappa shape index (κ3) is 2.14. The zero-order chi connectivity index (χ0) is 10.1. The monoisotopic (exact) mass is 238 g/mol. The van der Waals surface area contributed by atoms with Crippen LogP contribution in [0.3, 0.4) is 0 Å². The smallest absolute Gasteiger partial charge is 0.257 e. The summed E-state index contributed by atoms with van der Waals surface area (Å²) >= 11 is 11.2. The van der Waals surface area contributed by atoms with Crippen LogP contribution < -0.4 is 0 Å². The van der Waals surface area contributed by atoms with E-state index in [0.717, 1.165) is 0 Å². The topological polar surface area (TPSA) is 43.4 Å². The predicted molar refractivity (Wildman–Crippen MR) is 49.0 cm³/mol. The van der Waals surface area contributed by atoms with E-state index in [-0.39, 0.29) is 14.9 Å². The Morgan fingerprint density at radius 1 is 1.23 bits per heavy atom. The lowest BCUT2D eigenvalue weighted by molar-refractivity contribution is 0.438. The molecule has 0 aromatic heterocycles. The molecule has 0 atom stereocenters. The van der Waals surface area contributed by atoms with Crippen LogP contribution in [0.15, 0.2) is 23.1 Å². The van der Waals surface area contributed by atoms with Gasteiger partial charge in [-0.3, -0.25) is 4.18 Å². The highest BCUT2D eigenvalue weighted by Crippen LogP contribution is 2.29. The molecule has 13 heavy (non-hydrogen) atoms. The molecule has 0 spiro atoms. The van der Waals surface area contributed by atoms with Gasteiger partial charge in [0.15, 0.2) is 0 Å². The van der Waals surface area contributed by atoms with E-state index in [9.17, 15) is 8.42 Å². The van der Waals surface area contributed by atoms with Gasteiger partial charge < -0.3 is 0 Å². The second kappa shape index (κ2) is 3.84. The summed E-state index contributed by atoms with van der Waals surface area (Å²) in [7, 11) is 0.525. The molecule has 0 saturated carbocycles. The van der Waals surface area contributed by atoms with Gasteiger partial charge in [0, 0.05) is 0 Å². The van der Waals surface area contributed by atoms with Gasteiger partial charge in [0.1, 0.15) is 12.0 Å². The molecule has 1 rings (SSSR count). The van der Waals surface area contributed by atoms with Crippen LogP contribution in [0.25, 0.3) is 0 Å². The van der Waals surface area contributed by atoms with Crippen LogP contribution in [0.2, 0.25) is 10.0 Å². The van der Waals surface area contributed by atoms with Crippen LogP contribution in [0.5, 0.6) is 0 Å². The van der Waals surface area contributed by atoms with Crippen molar-refractivity contribution in [2.24, 2.45) is 0 Å². The standard InChI is InChI=1S/C7H4Cl2O3S/c1-12-13(10,11)7-5(8)3-2-4-6(7)9/h1-4H. The predicted octanol–water partition coefficient (Wildman–Crippen LogP) is 2.37. The van der Waals surface area contributed by atoms with Crippen LogP contribution >= 0.6 is 23.2 Å². The maximum absolute atomic E-state index is 11.1. The Balaban J connectivity index is 3.46. The molecule has 0 fully saturated rings. The van der Waals surface area contributed by atoms with Crippen LogP contribution in [-0.2, 0) is 14.3 Å². The summed E-state index contributed by atoms with van der Waals surface area (Å²) in [4.78, 5) is -0.319. The third-order valence-electron chi connectivity index (χ3n) is 1.30. The lowest BCUT2D eigenvalue weighted by Gasteiger charge is -2.04. The van der Waals surface area contributed by atoms with E-state index in [4.69, 9.17) is 23.2 Å². The van der Waals surface area contributed by atoms with Crippen LogP contribution in [-0.4, -0.2) is 8.42 Å². The molecule has 2 radical (unpaired) electrons. The molecule has 0 amide bonds. The first-order valence-electron chi connectivity index (χ1n) is 3.06.